The highest BCUT2D eigenvalue weighted by Crippen LogP contribution is 2.26. The normalized spacial score (nSPS) is 16.7. The minimum Gasteiger partial charge on any atom is -0.354 e. The fraction of sp³-hybridized carbons (Fsp3) is 0.500. The number of nitrogens with zero attached hydrogens (tertiary/aromatic N) is 5. The standard InChI is InChI=1S/C18H24N6O3S/c1-11-15(17(27)22(2)3)28-18(19-11)20-16(26)12-6-5-9-24(10-12)13-7-8-14(25)23(4)21-13/h7-8,12H,5-6,9-10H2,1-4H3,(H,19,20,26)/t12-/m1/s1. The van der Waals surface area contributed by atoms with Gasteiger partial charge in [0.05, 0.1) is 11.6 Å². The summed E-state index contributed by atoms with van der Waals surface area (Å²) in [5.41, 5.74) is 0.441. The first-order valence-corrected chi connectivity index (χ1v) is 9.87. The van der Waals surface area contributed by atoms with Crippen molar-refractivity contribution in [3.05, 3.63) is 33.1 Å². The van der Waals surface area contributed by atoms with E-state index < -0.39 is 0 Å². The Kier molecular flexibility index (Phi) is 5.78. The van der Waals surface area contributed by atoms with Crippen LogP contribution in [-0.4, -0.2) is 58.7 Å². The van der Waals surface area contributed by atoms with Gasteiger partial charge in [0, 0.05) is 40.3 Å². The van der Waals surface area contributed by atoms with Crippen molar-refractivity contribution in [2.75, 3.05) is 37.4 Å². The molecule has 0 aromatic carbocycles. The molecule has 1 saturated heterocycles. The monoisotopic (exact) mass is 404 g/mol. The van der Waals surface area contributed by atoms with Crippen molar-refractivity contribution in [1.82, 2.24) is 19.7 Å². The lowest BCUT2D eigenvalue weighted by molar-refractivity contribution is -0.120. The fourth-order valence-electron chi connectivity index (χ4n) is 3.12. The molecule has 1 aliphatic heterocycles. The lowest BCUT2D eigenvalue weighted by Crippen LogP contribution is -2.41. The first-order chi connectivity index (χ1) is 13.3. The molecule has 28 heavy (non-hydrogen) atoms. The predicted octanol–water partition coefficient (Wildman–Crippen LogP) is 1.10. The van der Waals surface area contributed by atoms with Gasteiger partial charge in [-0.2, -0.15) is 5.10 Å². The van der Waals surface area contributed by atoms with E-state index in [1.165, 1.54) is 27.0 Å². The third kappa shape index (κ3) is 4.22. The zero-order valence-corrected chi connectivity index (χ0v) is 17.2. The Hall–Kier alpha value is -2.75. The summed E-state index contributed by atoms with van der Waals surface area (Å²) in [6.07, 6.45) is 1.62. The topological polar surface area (TPSA) is 100 Å². The molecule has 10 heteroatoms. The van der Waals surface area contributed by atoms with Crippen LogP contribution in [0.3, 0.4) is 0 Å². The van der Waals surface area contributed by atoms with Crippen LogP contribution in [0.1, 0.15) is 28.2 Å². The smallest absolute Gasteiger partial charge is 0.266 e. The largest absolute Gasteiger partial charge is 0.354 e. The van der Waals surface area contributed by atoms with Crippen molar-refractivity contribution in [3.8, 4) is 0 Å². The molecule has 1 aliphatic rings. The van der Waals surface area contributed by atoms with Gasteiger partial charge in [0.25, 0.3) is 11.5 Å². The molecular formula is C18H24N6O3S. The van der Waals surface area contributed by atoms with E-state index in [1.807, 2.05) is 4.90 Å². The Bertz CT molecular complexity index is 951. The van der Waals surface area contributed by atoms with Crippen molar-refractivity contribution in [2.24, 2.45) is 13.0 Å². The number of nitrogens with one attached hydrogen (secondary N) is 1. The maximum atomic E-state index is 12.7. The highest BCUT2D eigenvalue weighted by molar-refractivity contribution is 7.17. The number of carbonyl (C=O) groups excluding carboxylic acids is 2. The number of aryl methyl sites for hydroxylation is 2. The maximum Gasteiger partial charge on any atom is 0.266 e. The number of aromatic nitrogens is 3. The summed E-state index contributed by atoms with van der Waals surface area (Å²) in [5, 5.41) is 7.56. The highest BCUT2D eigenvalue weighted by Gasteiger charge is 2.28. The average Bonchev–Trinajstić information content (AvgIpc) is 3.03. The Labute approximate surface area is 167 Å². The Balaban J connectivity index is 1.69. The third-order valence-corrected chi connectivity index (χ3v) is 5.75. The number of amides is 2. The van der Waals surface area contributed by atoms with Gasteiger partial charge in [-0.3, -0.25) is 14.4 Å². The molecule has 0 spiro atoms. The summed E-state index contributed by atoms with van der Waals surface area (Å²) >= 11 is 1.19. The van der Waals surface area contributed by atoms with Gasteiger partial charge < -0.3 is 15.1 Å². The number of hydrogen-bond acceptors (Lipinski definition) is 7. The number of carbonyl (C=O) groups is 2. The van der Waals surface area contributed by atoms with Crippen molar-refractivity contribution in [3.63, 3.8) is 0 Å². The van der Waals surface area contributed by atoms with E-state index >= 15 is 0 Å². The lowest BCUT2D eigenvalue weighted by Gasteiger charge is -2.32. The van der Waals surface area contributed by atoms with E-state index in [1.54, 1.807) is 34.1 Å². The van der Waals surface area contributed by atoms with Gasteiger partial charge in [-0.05, 0) is 25.8 Å². The van der Waals surface area contributed by atoms with Crippen LogP contribution in [0.15, 0.2) is 16.9 Å². The molecule has 2 aromatic rings. The molecule has 0 bridgehead atoms. The molecule has 0 unspecified atom stereocenters. The zero-order chi connectivity index (χ0) is 20.4. The summed E-state index contributed by atoms with van der Waals surface area (Å²) < 4.78 is 1.29. The summed E-state index contributed by atoms with van der Waals surface area (Å²) in [7, 11) is 4.98. The second-order valence-electron chi connectivity index (χ2n) is 7.06. The van der Waals surface area contributed by atoms with E-state index in [0.717, 1.165) is 19.4 Å². The van der Waals surface area contributed by atoms with Gasteiger partial charge in [0.1, 0.15) is 10.7 Å². The SMILES string of the molecule is Cc1nc(NC(=O)[C@@H]2CCCN(c3ccc(=O)n(C)n3)C2)sc1C(=O)N(C)C. The van der Waals surface area contributed by atoms with Gasteiger partial charge in [0.2, 0.25) is 5.91 Å². The van der Waals surface area contributed by atoms with E-state index in [2.05, 4.69) is 15.4 Å². The molecule has 1 N–H and O–H groups in total. The number of hydrogen-bond donors (Lipinski definition) is 1. The Morgan fingerprint density at radius 3 is 2.75 bits per heavy atom. The summed E-state index contributed by atoms with van der Waals surface area (Å²) in [6.45, 7) is 3.06. The summed E-state index contributed by atoms with van der Waals surface area (Å²) in [4.78, 5) is 44.8. The highest BCUT2D eigenvalue weighted by atomic mass is 32.1. The Morgan fingerprint density at radius 2 is 2.07 bits per heavy atom. The van der Waals surface area contributed by atoms with Gasteiger partial charge in [-0.15, -0.1) is 0 Å². The van der Waals surface area contributed by atoms with Crippen LogP contribution in [0, 0.1) is 12.8 Å². The van der Waals surface area contributed by atoms with Crippen LogP contribution in [0.4, 0.5) is 10.9 Å². The van der Waals surface area contributed by atoms with Crippen LogP contribution < -0.4 is 15.8 Å². The Morgan fingerprint density at radius 1 is 1.32 bits per heavy atom. The molecule has 2 aromatic heterocycles. The van der Waals surface area contributed by atoms with Gasteiger partial charge in [0.15, 0.2) is 5.13 Å². The van der Waals surface area contributed by atoms with Crippen molar-refractivity contribution < 1.29 is 9.59 Å². The molecule has 3 rings (SSSR count). The molecule has 0 saturated carbocycles. The van der Waals surface area contributed by atoms with Crippen molar-refractivity contribution in [2.45, 2.75) is 19.8 Å². The van der Waals surface area contributed by atoms with Gasteiger partial charge in [-0.25, -0.2) is 9.67 Å². The number of thiazole rings is 1. The summed E-state index contributed by atoms with van der Waals surface area (Å²) in [6, 6.07) is 3.17. The molecule has 1 atom stereocenters. The maximum absolute atomic E-state index is 12.7. The van der Waals surface area contributed by atoms with E-state index in [-0.39, 0.29) is 23.3 Å². The zero-order valence-electron chi connectivity index (χ0n) is 16.4. The van der Waals surface area contributed by atoms with Crippen LogP contribution in [-0.2, 0) is 11.8 Å². The van der Waals surface area contributed by atoms with Crippen molar-refractivity contribution in [1.29, 1.82) is 0 Å². The second kappa shape index (κ2) is 8.09. The molecule has 2 amide bonds. The predicted molar refractivity (Wildman–Crippen MR) is 108 cm³/mol. The second-order valence-corrected chi connectivity index (χ2v) is 8.06. The lowest BCUT2D eigenvalue weighted by atomic mass is 9.97. The molecule has 0 aliphatic carbocycles. The summed E-state index contributed by atoms with van der Waals surface area (Å²) in [5.74, 6) is 0.223. The third-order valence-electron chi connectivity index (χ3n) is 4.69. The molecular weight excluding hydrogens is 380 g/mol. The minimum absolute atomic E-state index is 0.118. The quantitative estimate of drug-likeness (QED) is 0.819. The molecule has 0 radical (unpaired) electrons. The van der Waals surface area contributed by atoms with Crippen LogP contribution in [0.2, 0.25) is 0 Å². The van der Waals surface area contributed by atoms with Crippen molar-refractivity contribution >= 4 is 34.1 Å². The fourth-order valence-corrected chi connectivity index (χ4v) is 4.11. The first-order valence-electron chi connectivity index (χ1n) is 9.05. The average molecular weight is 404 g/mol. The van der Waals surface area contributed by atoms with Crippen LogP contribution in [0.5, 0.6) is 0 Å². The molecule has 9 nitrogen and oxygen atoms in total. The van der Waals surface area contributed by atoms with Gasteiger partial charge in [-0.1, -0.05) is 11.3 Å². The van der Waals surface area contributed by atoms with E-state index in [4.69, 9.17) is 0 Å². The van der Waals surface area contributed by atoms with Crippen LogP contribution >= 0.6 is 11.3 Å². The molecule has 150 valence electrons. The van der Waals surface area contributed by atoms with Crippen LogP contribution in [0.25, 0.3) is 0 Å². The van der Waals surface area contributed by atoms with Gasteiger partial charge >= 0.3 is 0 Å². The molecule has 3 heterocycles. The minimum atomic E-state index is -0.218. The number of rotatable bonds is 4. The number of piperidine rings is 1. The first kappa shape index (κ1) is 20.0. The van der Waals surface area contributed by atoms with E-state index in [0.29, 0.717) is 28.1 Å². The molecule has 1 fully saturated rings. The van der Waals surface area contributed by atoms with E-state index in [9.17, 15) is 14.4 Å². The number of anilines is 2.